The lowest BCUT2D eigenvalue weighted by atomic mass is 10.3. The number of carbonyl (C=O) groups is 2. The van der Waals surface area contributed by atoms with Gasteiger partial charge in [0, 0.05) is 25.7 Å². The highest BCUT2D eigenvalue weighted by Crippen LogP contribution is 2.27. The van der Waals surface area contributed by atoms with Gasteiger partial charge in [-0.25, -0.2) is 0 Å². The Morgan fingerprint density at radius 3 is 2.33 bits per heavy atom. The summed E-state index contributed by atoms with van der Waals surface area (Å²) in [7, 11) is 1.74. The summed E-state index contributed by atoms with van der Waals surface area (Å²) in [5.41, 5.74) is 0.849. The first kappa shape index (κ1) is 12.6. The lowest BCUT2D eigenvalue weighted by Gasteiger charge is -2.24. The van der Waals surface area contributed by atoms with E-state index in [0.29, 0.717) is 0 Å². The Bertz CT molecular complexity index is 440. The number of likely N-dealkylation sites (N-methyl/N-ethyl adjacent to an activating group) is 1. The molecule has 0 aliphatic heterocycles. The standard InChI is InChI=1S/C14H18N2O2/c1-11(17)16(13-8-9-13)10-14(18)15(2)12-6-4-3-5-7-12/h3-7,13H,8-10H2,1-2H3. The van der Waals surface area contributed by atoms with Crippen LogP contribution in [0.3, 0.4) is 0 Å². The number of rotatable bonds is 4. The normalized spacial score (nSPS) is 14.1. The van der Waals surface area contributed by atoms with Gasteiger partial charge in [-0.1, -0.05) is 18.2 Å². The number of hydrogen-bond acceptors (Lipinski definition) is 2. The quantitative estimate of drug-likeness (QED) is 0.810. The van der Waals surface area contributed by atoms with Gasteiger partial charge in [0.2, 0.25) is 11.8 Å². The van der Waals surface area contributed by atoms with Gasteiger partial charge >= 0.3 is 0 Å². The molecule has 0 spiro atoms. The number of para-hydroxylation sites is 1. The van der Waals surface area contributed by atoms with Crippen LogP contribution in [-0.2, 0) is 9.59 Å². The third kappa shape index (κ3) is 2.88. The van der Waals surface area contributed by atoms with Crippen LogP contribution in [0.4, 0.5) is 5.69 Å². The zero-order chi connectivity index (χ0) is 13.1. The summed E-state index contributed by atoms with van der Waals surface area (Å²) in [5.74, 6) is -0.0735. The first-order chi connectivity index (χ1) is 8.59. The molecule has 96 valence electrons. The summed E-state index contributed by atoms with van der Waals surface area (Å²) in [5, 5.41) is 0. The van der Waals surface area contributed by atoms with Gasteiger partial charge in [0.1, 0.15) is 6.54 Å². The van der Waals surface area contributed by atoms with Crippen LogP contribution < -0.4 is 4.90 Å². The molecule has 0 atom stereocenters. The van der Waals surface area contributed by atoms with E-state index in [1.807, 2.05) is 30.3 Å². The Morgan fingerprint density at radius 1 is 1.22 bits per heavy atom. The first-order valence-corrected chi connectivity index (χ1v) is 6.18. The molecule has 1 aliphatic carbocycles. The predicted molar refractivity (Wildman–Crippen MR) is 70.3 cm³/mol. The first-order valence-electron chi connectivity index (χ1n) is 6.18. The Labute approximate surface area is 107 Å². The summed E-state index contributed by atoms with van der Waals surface area (Å²) in [6, 6.07) is 9.73. The molecule has 0 aromatic heterocycles. The fourth-order valence-corrected chi connectivity index (χ4v) is 1.93. The molecule has 1 aromatic carbocycles. The highest BCUT2D eigenvalue weighted by molar-refractivity contribution is 5.96. The minimum atomic E-state index is -0.0525. The predicted octanol–water partition coefficient (Wildman–Crippen LogP) is 1.66. The molecule has 4 nitrogen and oxygen atoms in total. The average Bonchev–Trinajstić information content (AvgIpc) is 3.19. The van der Waals surface area contributed by atoms with E-state index < -0.39 is 0 Å². The van der Waals surface area contributed by atoms with E-state index in [1.165, 1.54) is 6.92 Å². The second-order valence-electron chi connectivity index (χ2n) is 4.67. The van der Waals surface area contributed by atoms with Crippen molar-refractivity contribution in [3.8, 4) is 0 Å². The second-order valence-corrected chi connectivity index (χ2v) is 4.67. The van der Waals surface area contributed by atoms with Crippen LogP contribution in [-0.4, -0.2) is 36.3 Å². The molecule has 1 saturated carbocycles. The molecule has 0 saturated heterocycles. The largest absolute Gasteiger partial charge is 0.331 e. The van der Waals surface area contributed by atoms with Crippen molar-refractivity contribution in [2.75, 3.05) is 18.5 Å². The van der Waals surface area contributed by atoms with Crippen LogP contribution in [0.15, 0.2) is 30.3 Å². The molecule has 0 N–H and O–H groups in total. The van der Waals surface area contributed by atoms with E-state index >= 15 is 0 Å². The summed E-state index contributed by atoms with van der Waals surface area (Å²) < 4.78 is 0. The summed E-state index contributed by atoms with van der Waals surface area (Å²) in [4.78, 5) is 26.9. The topological polar surface area (TPSA) is 40.6 Å². The summed E-state index contributed by atoms with van der Waals surface area (Å²) in [6.45, 7) is 1.69. The maximum absolute atomic E-state index is 12.1. The highest BCUT2D eigenvalue weighted by atomic mass is 16.2. The van der Waals surface area contributed by atoms with Crippen LogP contribution >= 0.6 is 0 Å². The fourth-order valence-electron chi connectivity index (χ4n) is 1.93. The fraction of sp³-hybridized carbons (Fsp3) is 0.429. The van der Waals surface area contributed by atoms with Crippen molar-refractivity contribution in [3.63, 3.8) is 0 Å². The van der Waals surface area contributed by atoms with Crippen molar-refractivity contribution in [2.24, 2.45) is 0 Å². The molecule has 1 aliphatic rings. The van der Waals surface area contributed by atoms with Gasteiger partial charge in [0.05, 0.1) is 0 Å². The Hall–Kier alpha value is -1.84. The number of anilines is 1. The van der Waals surface area contributed by atoms with Crippen LogP contribution in [0.25, 0.3) is 0 Å². The van der Waals surface area contributed by atoms with E-state index in [9.17, 15) is 9.59 Å². The maximum atomic E-state index is 12.1. The van der Waals surface area contributed by atoms with E-state index in [0.717, 1.165) is 18.5 Å². The van der Waals surface area contributed by atoms with Crippen LogP contribution in [0.1, 0.15) is 19.8 Å². The van der Waals surface area contributed by atoms with Gasteiger partial charge in [-0.3, -0.25) is 9.59 Å². The Balaban J connectivity index is 2.00. The van der Waals surface area contributed by atoms with Gasteiger partial charge in [-0.2, -0.15) is 0 Å². The zero-order valence-electron chi connectivity index (χ0n) is 10.8. The number of nitrogens with zero attached hydrogens (tertiary/aromatic N) is 2. The van der Waals surface area contributed by atoms with Crippen molar-refractivity contribution >= 4 is 17.5 Å². The molecular formula is C14H18N2O2. The smallest absolute Gasteiger partial charge is 0.246 e. The van der Waals surface area contributed by atoms with Crippen molar-refractivity contribution in [1.29, 1.82) is 0 Å². The van der Waals surface area contributed by atoms with Crippen LogP contribution in [0.5, 0.6) is 0 Å². The van der Waals surface area contributed by atoms with Gasteiger partial charge < -0.3 is 9.80 Å². The van der Waals surface area contributed by atoms with Crippen molar-refractivity contribution in [3.05, 3.63) is 30.3 Å². The van der Waals surface area contributed by atoms with Crippen LogP contribution in [0, 0.1) is 0 Å². The molecule has 18 heavy (non-hydrogen) atoms. The van der Waals surface area contributed by atoms with Crippen molar-refractivity contribution < 1.29 is 9.59 Å². The Morgan fingerprint density at radius 2 is 1.83 bits per heavy atom. The monoisotopic (exact) mass is 246 g/mol. The third-order valence-corrected chi connectivity index (χ3v) is 3.22. The van der Waals surface area contributed by atoms with Crippen molar-refractivity contribution in [2.45, 2.75) is 25.8 Å². The molecule has 2 rings (SSSR count). The Kier molecular flexibility index (Phi) is 3.65. The molecular weight excluding hydrogens is 228 g/mol. The lowest BCUT2D eigenvalue weighted by Crippen LogP contribution is -2.41. The van der Waals surface area contributed by atoms with E-state index in [4.69, 9.17) is 0 Å². The van der Waals surface area contributed by atoms with E-state index in [2.05, 4.69) is 0 Å². The summed E-state index contributed by atoms with van der Waals surface area (Å²) >= 11 is 0. The number of amides is 2. The van der Waals surface area contributed by atoms with E-state index in [-0.39, 0.29) is 24.4 Å². The SMILES string of the molecule is CC(=O)N(CC(=O)N(C)c1ccccc1)C1CC1. The number of hydrogen-bond donors (Lipinski definition) is 0. The lowest BCUT2D eigenvalue weighted by molar-refractivity contribution is -0.133. The maximum Gasteiger partial charge on any atom is 0.246 e. The highest BCUT2D eigenvalue weighted by Gasteiger charge is 2.32. The molecule has 0 bridgehead atoms. The average molecular weight is 246 g/mol. The van der Waals surface area contributed by atoms with Gasteiger partial charge in [-0.15, -0.1) is 0 Å². The summed E-state index contributed by atoms with van der Waals surface area (Å²) in [6.07, 6.45) is 2.03. The van der Waals surface area contributed by atoms with Gasteiger partial charge in [-0.05, 0) is 25.0 Å². The van der Waals surface area contributed by atoms with Crippen LogP contribution in [0.2, 0.25) is 0 Å². The number of benzene rings is 1. The molecule has 0 radical (unpaired) electrons. The van der Waals surface area contributed by atoms with Gasteiger partial charge in [0.25, 0.3) is 0 Å². The molecule has 2 amide bonds. The zero-order valence-corrected chi connectivity index (χ0v) is 10.8. The number of carbonyl (C=O) groups excluding carboxylic acids is 2. The molecule has 0 unspecified atom stereocenters. The molecule has 0 heterocycles. The minimum Gasteiger partial charge on any atom is -0.331 e. The van der Waals surface area contributed by atoms with E-state index in [1.54, 1.807) is 16.8 Å². The minimum absolute atomic E-state index is 0.0210. The third-order valence-electron chi connectivity index (χ3n) is 3.22. The molecule has 1 fully saturated rings. The second kappa shape index (κ2) is 5.21. The van der Waals surface area contributed by atoms with Gasteiger partial charge in [0.15, 0.2) is 0 Å². The molecule has 1 aromatic rings. The molecule has 4 heteroatoms. The van der Waals surface area contributed by atoms with Crippen molar-refractivity contribution in [1.82, 2.24) is 4.90 Å².